The summed E-state index contributed by atoms with van der Waals surface area (Å²) in [5.74, 6) is -1.20. The van der Waals surface area contributed by atoms with Crippen molar-refractivity contribution < 1.29 is 23.5 Å². The summed E-state index contributed by atoms with van der Waals surface area (Å²) in [5.41, 5.74) is 0.00569. The first kappa shape index (κ1) is 14.2. The Morgan fingerprint density at radius 1 is 1.28 bits per heavy atom. The number of benzene rings is 1. The molecule has 18 heavy (non-hydrogen) atoms. The van der Waals surface area contributed by atoms with Crippen LogP contribution < -0.4 is 9.47 Å². The van der Waals surface area contributed by atoms with Gasteiger partial charge in [-0.15, -0.1) is 0 Å². The molecule has 1 atom stereocenters. The number of Topliss-reactive ketones (excluding diaryl/α,β-unsaturated/α-hetero) is 2. The number of ketones is 2. The van der Waals surface area contributed by atoms with Gasteiger partial charge >= 0.3 is 0 Å². The summed E-state index contributed by atoms with van der Waals surface area (Å²) in [6, 6.07) is 4.53. The van der Waals surface area contributed by atoms with Crippen LogP contribution in [0.4, 0.5) is 4.39 Å². The number of carbonyl (C=O) groups is 2. The highest BCUT2D eigenvalue weighted by Crippen LogP contribution is 2.31. The van der Waals surface area contributed by atoms with Gasteiger partial charge in [-0.3, -0.25) is 9.59 Å². The second-order valence-corrected chi connectivity index (χ2v) is 3.59. The number of hydrogen-bond acceptors (Lipinski definition) is 4. The van der Waals surface area contributed by atoms with Crippen molar-refractivity contribution in [2.24, 2.45) is 0 Å². The molecular formula is C13H15FO4. The maximum Gasteiger partial charge on any atom is 0.220 e. The van der Waals surface area contributed by atoms with E-state index in [1.165, 1.54) is 33.3 Å². The van der Waals surface area contributed by atoms with E-state index in [9.17, 15) is 14.0 Å². The summed E-state index contributed by atoms with van der Waals surface area (Å²) in [6.45, 7) is 1.50. The molecule has 0 aliphatic heterocycles. The summed E-state index contributed by atoms with van der Waals surface area (Å²) in [6.07, 6.45) is -2.19. The van der Waals surface area contributed by atoms with E-state index < -0.39 is 17.7 Å². The van der Waals surface area contributed by atoms with Crippen LogP contribution >= 0.6 is 0 Å². The molecular weight excluding hydrogens is 239 g/mol. The Morgan fingerprint density at radius 2 is 1.94 bits per heavy atom. The van der Waals surface area contributed by atoms with Gasteiger partial charge in [-0.25, -0.2) is 4.39 Å². The van der Waals surface area contributed by atoms with E-state index in [2.05, 4.69) is 0 Å². The lowest BCUT2D eigenvalue weighted by molar-refractivity contribution is -0.121. The summed E-state index contributed by atoms with van der Waals surface area (Å²) in [5, 5.41) is 0. The summed E-state index contributed by atoms with van der Waals surface area (Å²) in [4.78, 5) is 23.1. The average Bonchev–Trinajstić information content (AvgIpc) is 2.43. The number of rotatable bonds is 6. The number of ether oxygens (including phenoxy) is 2. The van der Waals surface area contributed by atoms with E-state index >= 15 is 0 Å². The zero-order valence-corrected chi connectivity index (χ0v) is 10.5. The van der Waals surface area contributed by atoms with Crippen molar-refractivity contribution in [3.63, 3.8) is 0 Å². The van der Waals surface area contributed by atoms with E-state index in [0.717, 1.165) is 0 Å². The molecule has 0 saturated carbocycles. The largest absolute Gasteiger partial charge is 0.493 e. The molecule has 0 bridgehead atoms. The predicted molar refractivity (Wildman–Crippen MR) is 64.1 cm³/mol. The lowest BCUT2D eigenvalue weighted by Crippen LogP contribution is -2.25. The molecule has 0 aromatic heterocycles. The topological polar surface area (TPSA) is 52.6 Å². The van der Waals surface area contributed by atoms with Crippen LogP contribution in [-0.4, -0.2) is 32.0 Å². The molecule has 5 heteroatoms. The predicted octanol–water partition coefficient (Wildman–Crippen LogP) is 2.20. The molecule has 0 aliphatic carbocycles. The molecule has 0 saturated heterocycles. The summed E-state index contributed by atoms with van der Waals surface area (Å²) < 4.78 is 23.7. The normalized spacial score (nSPS) is 11.8. The molecule has 0 amide bonds. The molecule has 1 aromatic rings. The number of para-hydroxylation sites is 1. The fourth-order valence-corrected chi connectivity index (χ4v) is 1.54. The van der Waals surface area contributed by atoms with Crippen LogP contribution in [0.1, 0.15) is 23.7 Å². The SMILES string of the molecule is CCC(=O)C(F)C(=O)c1cccc(OC)c1OC. The Bertz CT molecular complexity index is 456. The van der Waals surface area contributed by atoms with E-state index in [0.29, 0.717) is 5.75 Å². The van der Waals surface area contributed by atoms with Crippen LogP contribution in [-0.2, 0) is 4.79 Å². The number of methoxy groups -OCH3 is 2. The molecule has 1 rings (SSSR count). The van der Waals surface area contributed by atoms with Gasteiger partial charge in [0, 0.05) is 6.42 Å². The molecule has 0 spiro atoms. The average molecular weight is 254 g/mol. The van der Waals surface area contributed by atoms with E-state index in [1.54, 1.807) is 6.07 Å². The van der Waals surface area contributed by atoms with Gasteiger partial charge in [-0.1, -0.05) is 13.0 Å². The fourth-order valence-electron chi connectivity index (χ4n) is 1.54. The first-order valence-corrected chi connectivity index (χ1v) is 5.48. The first-order chi connectivity index (χ1) is 8.56. The van der Waals surface area contributed by atoms with Gasteiger partial charge in [-0.05, 0) is 12.1 Å². The molecule has 0 fully saturated rings. The molecule has 1 aromatic carbocycles. The van der Waals surface area contributed by atoms with Crippen LogP contribution in [0.5, 0.6) is 11.5 Å². The highest BCUT2D eigenvalue weighted by atomic mass is 19.1. The molecule has 0 N–H and O–H groups in total. The van der Waals surface area contributed by atoms with Gasteiger partial charge < -0.3 is 9.47 Å². The van der Waals surface area contributed by atoms with Crippen LogP contribution in [0, 0.1) is 0 Å². The standard InChI is InChI=1S/C13H15FO4/c1-4-9(15)11(14)12(16)8-6-5-7-10(17-2)13(8)18-3/h5-7,11H,4H2,1-3H3. The zero-order chi connectivity index (χ0) is 13.7. The van der Waals surface area contributed by atoms with Crippen molar-refractivity contribution >= 4 is 11.6 Å². The van der Waals surface area contributed by atoms with Crippen molar-refractivity contribution in [3.05, 3.63) is 23.8 Å². The highest BCUT2D eigenvalue weighted by Gasteiger charge is 2.28. The minimum absolute atomic E-state index is 0.00569. The van der Waals surface area contributed by atoms with Gasteiger partial charge in [0.15, 0.2) is 17.3 Å². The number of hydrogen-bond donors (Lipinski definition) is 0. The molecule has 0 heterocycles. The lowest BCUT2D eigenvalue weighted by Gasteiger charge is -2.12. The van der Waals surface area contributed by atoms with Crippen LogP contribution in [0.3, 0.4) is 0 Å². The maximum atomic E-state index is 13.6. The van der Waals surface area contributed by atoms with E-state index in [-0.39, 0.29) is 17.7 Å². The Hall–Kier alpha value is -1.91. The van der Waals surface area contributed by atoms with Crippen molar-refractivity contribution in [2.75, 3.05) is 14.2 Å². The Kier molecular flexibility index (Phi) is 4.83. The first-order valence-electron chi connectivity index (χ1n) is 5.48. The van der Waals surface area contributed by atoms with E-state index in [1.807, 2.05) is 0 Å². The van der Waals surface area contributed by atoms with Gasteiger partial charge in [0.2, 0.25) is 12.0 Å². The van der Waals surface area contributed by atoms with Crippen molar-refractivity contribution in [3.8, 4) is 11.5 Å². The lowest BCUT2D eigenvalue weighted by atomic mass is 10.0. The molecule has 98 valence electrons. The Morgan fingerprint density at radius 3 is 2.44 bits per heavy atom. The van der Waals surface area contributed by atoms with Gasteiger partial charge in [0.25, 0.3) is 0 Å². The molecule has 0 radical (unpaired) electrons. The van der Waals surface area contributed by atoms with Crippen LogP contribution in [0.15, 0.2) is 18.2 Å². The number of halogens is 1. The fraction of sp³-hybridized carbons (Fsp3) is 0.385. The molecule has 4 nitrogen and oxygen atoms in total. The monoisotopic (exact) mass is 254 g/mol. The molecule has 0 aliphatic rings. The summed E-state index contributed by atoms with van der Waals surface area (Å²) in [7, 11) is 2.76. The van der Waals surface area contributed by atoms with Gasteiger partial charge in [-0.2, -0.15) is 0 Å². The second-order valence-electron chi connectivity index (χ2n) is 3.59. The van der Waals surface area contributed by atoms with Gasteiger partial charge in [0.1, 0.15) is 0 Å². The minimum Gasteiger partial charge on any atom is -0.493 e. The number of carbonyl (C=O) groups excluding carboxylic acids is 2. The smallest absolute Gasteiger partial charge is 0.220 e. The third kappa shape index (κ3) is 2.67. The Balaban J connectivity index is 3.17. The quantitative estimate of drug-likeness (QED) is 0.577. The molecule has 1 unspecified atom stereocenters. The number of alkyl halides is 1. The van der Waals surface area contributed by atoms with Crippen molar-refractivity contribution in [2.45, 2.75) is 19.5 Å². The van der Waals surface area contributed by atoms with Crippen LogP contribution in [0.25, 0.3) is 0 Å². The van der Waals surface area contributed by atoms with Crippen molar-refractivity contribution in [1.82, 2.24) is 0 Å². The second kappa shape index (κ2) is 6.14. The van der Waals surface area contributed by atoms with E-state index in [4.69, 9.17) is 9.47 Å². The summed E-state index contributed by atoms with van der Waals surface area (Å²) >= 11 is 0. The third-order valence-electron chi connectivity index (χ3n) is 2.53. The Labute approximate surface area is 105 Å². The third-order valence-corrected chi connectivity index (χ3v) is 2.53. The maximum absolute atomic E-state index is 13.6. The zero-order valence-electron chi connectivity index (χ0n) is 10.5. The van der Waals surface area contributed by atoms with Crippen LogP contribution in [0.2, 0.25) is 0 Å². The van der Waals surface area contributed by atoms with Gasteiger partial charge in [0.05, 0.1) is 19.8 Å². The minimum atomic E-state index is -2.16. The highest BCUT2D eigenvalue weighted by molar-refractivity contribution is 6.14. The van der Waals surface area contributed by atoms with Crippen molar-refractivity contribution in [1.29, 1.82) is 0 Å².